The van der Waals surface area contributed by atoms with Gasteiger partial charge in [0, 0.05) is 12.4 Å². The number of nitrogens with one attached hydrogen (secondary N) is 2. The molecule has 0 atom stereocenters. The van der Waals surface area contributed by atoms with Gasteiger partial charge in [-0.25, -0.2) is 10.9 Å². The number of carbonyl (C=O) groups excluding carboxylic acids is 2. The molecule has 0 fully saturated rings. The van der Waals surface area contributed by atoms with Gasteiger partial charge in [-0.1, -0.05) is 78.1 Å². The van der Waals surface area contributed by atoms with Gasteiger partial charge in [0.2, 0.25) is 0 Å². The fourth-order valence-corrected chi connectivity index (χ4v) is 2.47. The molecule has 0 aromatic heterocycles. The Bertz CT molecular complexity index is 371. The average molecular weight is 367 g/mol. The number of carbonyl (C=O) groups is 2. The lowest BCUT2D eigenvalue weighted by atomic mass is 10.1. The van der Waals surface area contributed by atoms with E-state index in [1.54, 1.807) is 12.4 Å². The summed E-state index contributed by atoms with van der Waals surface area (Å²) in [4.78, 5) is 23.0. The molecule has 0 spiro atoms. The molecule has 26 heavy (non-hydrogen) atoms. The van der Waals surface area contributed by atoms with E-state index in [-0.39, 0.29) is 0 Å². The quantitative estimate of drug-likeness (QED) is 0.180. The average Bonchev–Trinajstić information content (AvgIpc) is 2.65. The maximum absolute atomic E-state index is 11.5. The highest BCUT2D eigenvalue weighted by Crippen LogP contribution is 2.06. The zero-order valence-corrected chi connectivity index (χ0v) is 16.8. The van der Waals surface area contributed by atoms with Crippen LogP contribution in [0.2, 0.25) is 0 Å². The van der Waals surface area contributed by atoms with Crippen LogP contribution < -0.4 is 10.9 Å². The zero-order valence-electron chi connectivity index (χ0n) is 16.8. The van der Waals surface area contributed by atoms with Crippen molar-refractivity contribution in [1.82, 2.24) is 10.9 Å². The molecule has 0 aliphatic heterocycles. The van der Waals surface area contributed by atoms with Crippen molar-refractivity contribution in [2.75, 3.05) is 0 Å². The van der Waals surface area contributed by atoms with E-state index in [1.165, 1.54) is 64.2 Å². The predicted octanol–water partition coefficient (Wildman–Crippen LogP) is 4.69. The molecule has 0 aromatic rings. The van der Waals surface area contributed by atoms with Crippen molar-refractivity contribution in [2.45, 2.75) is 104 Å². The van der Waals surface area contributed by atoms with E-state index >= 15 is 0 Å². The van der Waals surface area contributed by atoms with E-state index in [0.717, 1.165) is 25.7 Å². The molecule has 0 bridgehead atoms. The van der Waals surface area contributed by atoms with Gasteiger partial charge in [0.05, 0.1) is 0 Å². The molecule has 0 unspecified atom stereocenters. The number of hydrazone groups is 2. The van der Waals surface area contributed by atoms with E-state index < -0.39 is 11.8 Å². The van der Waals surface area contributed by atoms with Crippen molar-refractivity contribution < 1.29 is 9.59 Å². The summed E-state index contributed by atoms with van der Waals surface area (Å²) in [5.74, 6) is -1.58. The van der Waals surface area contributed by atoms with Crippen LogP contribution in [0.1, 0.15) is 104 Å². The fourth-order valence-electron chi connectivity index (χ4n) is 2.47. The summed E-state index contributed by atoms with van der Waals surface area (Å²) in [6.45, 7) is 4.40. The number of hydrogen-bond acceptors (Lipinski definition) is 4. The van der Waals surface area contributed by atoms with Crippen molar-refractivity contribution in [3.8, 4) is 0 Å². The van der Waals surface area contributed by atoms with Gasteiger partial charge < -0.3 is 0 Å². The van der Waals surface area contributed by atoms with Gasteiger partial charge in [-0.15, -0.1) is 0 Å². The first-order valence-electron chi connectivity index (χ1n) is 10.4. The minimum atomic E-state index is -0.791. The lowest BCUT2D eigenvalue weighted by Gasteiger charge is -1.99. The standard InChI is InChI=1S/C20H38N4O2/c1-3-5-7-9-11-13-15-17-21-23-19(25)20(26)24-22-18-16-14-12-10-8-6-4-2/h17-18H,3-16H2,1-2H3,(H,23,25)(H,24,26)/b21-17+,22-18+. The summed E-state index contributed by atoms with van der Waals surface area (Å²) in [7, 11) is 0. The topological polar surface area (TPSA) is 82.9 Å². The van der Waals surface area contributed by atoms with Crippen LogP contribution in [0.4, 0.5) is 0 Å². The van der Waals surface area contributed by atoms with Crippen LogP contribution in [-0.2, 0) is 9.59 Å². The molecule has 0 aliphatic carbocycles. The van der Waals surface area contributed by atoms with E-state index in [1.807, 2.05) is 0 Å². The van der Waals surface area contributed by atoms with Crippen LogP contribution in [0, 0.1) is 0 Å². The smallest absolute Gasteiger partial charge is 0.262 e. The minimum absolute atomic E-state index is 0.791. The van der Waals surface area contributed by atoms with Gasteiger partial charge in [0.15, 0.2) is 0 Å². The molecule has 0 heterocycles. The molecule has 0 aromatic carbocycles. The Hall–Kier alpha value is -1.72. The Morgan fingerprint density at radius 2 is 0.962 bits per heavy atom. The fraction of sp³-hybridized carbons (Fsp3) is 0.800. The van der Waals surface area contributed by atoms with Crippen LogP contribution in [0.25, 0.3) is 0 Å². The normalized spacial score (nSPS) is 11.3. The lowest BCUT2D eigenvalue weighted by molar-refractivity contribution is -0.139. The lowest BCUT2D eigenvalue weighted by Crippen LogP contribution is -2.35. The molecule has 2 N–H and O–H groups in total. The van der Waals surface area contributed by atoms with Crippen molar-refractivity contribution >= 4 is 24.2 Å². The second-order valence-electron chi connectivity index (χ2n) is 6.62. The molecule has 6 nitrogen and oxygen atoms in total. The summed E-state index contributed by atoms with van der Waals surface area (Å²) in [5.41, 5.74) is 4.44. The van der Waals surface area contributed by atoms with Crippen molar-refractivity contribution in [3.05, 3.63) is 0 Å². The van der Waals surface area contributed by atoms with Crippen molar-refractivity contribution in [3.63, 3.8) is 0 Å². The van der Waals surface area contributed by atoms with E-state index in [2.05, 4.69) is 34.9 Å². The minimum Gasteiger partial charge on any atom is -0.262 e. The van der Waals surface area contributed by atoms with Gasteiger partial charge in [-0.2, -0.15) is 10.2 Å². The Balaban J connectivity index is 3.56. The monoisotopic (exact) mass is 366 g/mol. The molecule has 2 amide bonds. The van der Waals surface area contributed by atoms with Crippen LogP contribution in [-0.4, -0.2) is 24.2 Å². The third-order valence-electron chi connectivity index (χ3n) is 4.09. The number of rotatable bonds is 16. The Morgan fingerprint density at radius 1 is 0.615 bits per heavy atom. The highest BCUT2D eigenvalue weighted by atomic mass is 16.2. The summed E-state index contributed by atoms with van der Waals surface area (Å²) in [6, 6.07) is 0. The van der Waals surface area contributed by atoms with Crippen LogP contribution in [0.5, 0.6) is 0 Å². The van der Waals surface area contributed by atoms with E-state index in [0.29, 0.717) is 0 Å². The second-order valence-corrected chi connectivity index (χ2v) is 6.62. The van der Waals surface area contributed by atoms with E-state index in [4.69, 9.17) is 0 Å². The Morgan fingerprint density at radius 3 is 1.35 bits per heavy atom. The first-order chi connectivity index (χ1) is 12.7. The van der Waals surface area contributed by atoms with E-state index in [9.17, 15) is 9.59 Å². The Labute approximate surface area is 159 Å². The van der Waals surface area contributed by atoms with Gasteiger partial charge in [0.25, 0.3) is 0 Å². The number of amides is 2. The highest BCUT2D eigenvalue weighted by Gasteiger charge is 2.10. The van der Waals surface area contributed by atoms with Crippen LogP contribution >= 0.6 is 0 Å². The van der Waals surface area contributed by atoms with Gasteiger partial charge >= 0.3 is 11.8 Å². The maximum atomic E-state index is 11.5. The van der Waals surface area contributed by atoms with Crippen molar-refractivity contribution in [2.24, 2.45) is 10.2 Å². The van der Waals surface area contributed by atoms with Gasteiger partial charge in [-0.3, -0.25) is 9.59 Å². The Kier molecular flexibility index (Phi) is 18.3. The molecular weight excluding hydrogens is 328 g/mol. The molecule has 150 valence electrons. The molecule has 0 rings (SSSR count). The van der Waals surface area contributed by atoms with Gasteiger partial charge in [0.1, 0.15) is 0 Å². The predicted molar refractivity (Wildman–Crippen MR) is 109 cm³/mol. The van der Waals surface area contributed by atoms with Crippen LogP contribution in [0.3, 0.4) is 0 Å². The number of hydrogen-bond donors (Lipinski definition) is 2. The third kappa shape index (κ3) is 17.1. The largest absolute Gasteiger partial charge is 0.331 e. The number of unbranched alkanes of at least 4 members (excludes halogenated alkanes) is 12. The molecule has 0 radical (unpaired) electrons. The van der Waals surface area contributed by atoms with Crippen LogP contribution in [0.15, 0.2) is 10.2 Å². The second kappa shape index (κ2) is 19.6. The number of nitrogens with zero attached hydrogens (tertiary/aromatic N) is 2. The SMILES string of the molecule is CCCCCCCC/C=N/NC(=O)C(=O)N/N=C/CCCCCCCC. The third-order valence-corrected chi connectivity index (χ3v) is 4.09. The molecule has 0 saturated heterocycles. The molecular formula is C20H38N4O2. The summed E-state index contributed by atoms with van der Waals surface area (Å²) >= 11 is 0. The zero-order chi connectivity index (χ0) is 19.3. The maximum Gasteiger partial charge on any atom is 0.331 e. The summed E-state index contributed by atoms with van der Waals surface area (Å²) in [6.07, 6.45) is 19.5. The highest BCUT2D eigenvalue weighted by molar-refractivity contribution is 6.35. The first-order valence-corrected chi connectivity index (χ1v) is 10.4. The molecule has 6 heteroatoms. The van der Waals surface area contributed by atoms with Gasteiger partial charge in [-0.05, 0) is 25.7 Å². The molecule has 0 saturated carbocycles. The summed E-state index contributed by atoms with van der Waals surface area (Å²) < 4.78 is 0. The summed E-state index contributed by atoms with van der Waals surface area (Å²) in [5, 5.41) is 7.56. The van der Waals surface area contributed by atoms with Crippen molar-refractivity contribution in [1.29, 1.82) is 0 Å². The molecule has 0 aliphatic rings. The first kappa shape index (κ1) is 24.3.